The third-order valence-corrected chi connectivity index (χ3v) is 5.98. The Morgan fingerprint density at radius 3 is 1.27 bits per heavy atom. The topological polar surface area (TPSA) is 285 Å². The highest BCUT2D eigenvalue weighted by atomic mass is 14.9. The second-order valence-corrected chi connectivity index (χ2v) is 7.36. The van der Waals surface area contributed by atoms with E-state index in [9.17, 15) is 0 Å². The third-order valence-electron chi connectivity index (χ3n) is 5.98. The van der Waals surface area contributed by atoms with E-state index in [0.29, 0.717) is 16.8 Å². The summed E-state index contributed by atoms with van der Waals surface area (Å²) in [5.41, 5.74) is 64.6. The number of hydrogen-bond donors (Lipinski definition) is 10. The predicted molar refractivity (Wildman–Crippen MR) is 128 cm³/mol. The fourth-order valence-electron chi connectivity index (χ4n) is 4.29. The van der Waals surface area contributed by atoms with E-state index in [1.165, 1.54) is 0 Å². The molecule has 12 heteroatoms. The smallest absolute Gasteiger partial charge is 0.112 e. The highest BCUT2D eigenvalue weighted by Gasteiger charge is 2.51. The van der Waals surface area contributed by atoms with E-state index in [4.69, 9.17) is 57.3 Å². The summed E-state index contributed by atoms with van der Waals surface area (Å²) in [4.78, 5) is 7.84. The second-order valence-electron chi connectivity index (χ2n) is 7.36. The van der Waals surface area contributed by atoms with E-state index in [-0.39, 0.29) is 51.2 Å². The van der Waals surface area contributed by atoms with Gasteiger partial charge in [0.2, 0.25) is 0 Å². The third kappa shape index (κ3) is 2.47. The van der Waals surface area contributed by atoms with E-state index in [2.05, 4.69) is 23.4 Å². The molecule has 1 saturated carbocycles. The molecule has 30 heavy (non-hydrogen) atoms. The molecule has 0 spiro atoms. The first-order chi connectivity index (χ1) is 14.0. The van der Waals surface area contributed by atoms with E-state index < -0.39 is 23.9 Å². The van der Waals surface area contributed by atoms with Crippen LogP contribution in [0.25, 0.3) is 0 Å². The van der Waals surface area contributed by atoms with Gasteiger partial charge in [-0.3, -0.25) is 9.98 Å². The Kier molecular flexibility index (Phi) is 4.76. The predicted octanol–water partition coefficient (Wildman–Crippen LogP) is -0.456. The number of nitrogen functional groups attached to an aromatic ring is 8. The highest BCUT2D eigenvalue weighted by molar-refractivity contribution is 5.99. The van der Waals surface area contributed by atoms with E-state index in [1.54, 1.807) is 0 Å². The highest BCUT2D eigenvalue weighted by Crippen LogP contribution is 2.57. The molecule has 4 atom stereocenters. The maximum Gasteiger partial charge on any atom is 0.112 e. The lowest BCUT2D eigenvalue weighted by atomic mass is 9.59. The normalized spacial score (nSPS) is 23.0. The van der Waals surface area contributed by atoms with Gasteiger partial charge >= 0.3 is 0 Å². The Balaban J connectivity index is 2.17. The zero-order chi connectivity index (χ0) is 22.7. The molecule has 1 fully saturated rings. The zero-order valence-corrected chi connectivity index (χ0v) is 16.4. The van der Waals surface area contributed by atoms with Crippen molar-refractivity contribution >= 4 is 70.3 Å². The molecule has 0 bridgehead atoms. The van der Waals surface area contributed by atoms with Crippen molar-refractivity contribution in [2.24, 2.45) is 21.5 Å². The molecule has 2 unspecified atom stereocenters. The van der Waals surface area contributed by atoms with Gasteiger partial charge < -0.3 is 57.3 Å². The van der Waals surface area contributed by atoms with Gasteiger partial charge in [-0.15, -0.1) is 0 Å². The molecule has 20 N–H and O–H groups in total. The van der Waals surface area contributed by atoms with E-state index in [0.717, 1.165) is 0 Å². The van der Waals surface area contributed by atoms with Crippen molar-refractivity contribution in [2.75, 3.05) is 45.9 Å². The fraction of sp³-hybridized carbons (Fsp3) is 0.222. The van der Waals surface area contributed by atoms with Crippen LogP contribution in [0.1, 0.15) is 23.0 Å². The average molecular weight is 413 g/mol. The lowest BCUT2D eigenvalue weighted by Crippen LogP contribution is -2.61. The number of anilines is 8. The Morgan fingerprint density at radius 1 is 0.467 bits per heavy atom. The molecule has 0 heterocycles. The van der Waals surface area contributed by atoms with Crippen LogP contribution in [0, 0.1) is 0 Å². The number of hydrogen-bond acceptors (Lipinski definition) is 12. The summed E-state index contributed by atoms with van der Waals surface area (Å²) in [6, 6.07) is -1.15. The van der Waals surface area contributed by atoms with Crippen LogP contribution in [-0.4, -0.2) is 25.5 Å². The second kappa shape index (κ2) is 6.86. The number of benzene rings is 2. The van der Waals surface area contributed by atoms with Crippen LogP contribution >= 0.6 is 0 Å². The number of nitrogens with zero attached hydrogens (tertiary/aromatic N) is 2. The fourth-order valence-corrected chi connectivity index (χ4v) is 4.29. The SMILES string of the molecule is C=Nc1c(N)c(N)c(C2[C@H](N)C(c3c(N)c(N)c(N)c(N)c3N)[C@@H]2N)c(N=C)c1N. The molecule has 0 saturated heterocycles. The van der Waals surface area contributed by atoms with Gasteiger partial charge in [-0.1, -0.05) is 0 Å². The molecular formula is C18H28N12. The Morgan fingerprint density at radius 2 is 0.833 bits per heavy atom. The van der Waals surface area contributed by atoms with Crippen molar-refractivity contribution in [1.82, 2.24) is 0 Å². The molecular weight excluding hydrogens is 384 g/mol. The van der Waals surface area contributed by atoms with Crippen molar-refractivity contribution in [3.63, 3.8) is 0 Å². The lowest BCUT2D eigenvalue weighted by Gasteiger charge is -2.50. The molecule has 160 valence electrons. The lowest BCUT2D eigenvalue weighted by molar-refractivity contribution is 0.236. The Labute approximate surface area is 173 Å². The van der Waals surface area contributed by atoms with Crippen molar-refractivity contribution in [3.05, 3.63) is 11.1 Å². The van der Waals surface area contributed by atoms with E-state index >= 15 is 0 Å². The van der Waals surface area contributed by atoms with Gasteiger partial charge in [0.05, 0.1) is 51.2 Å². The Hall–Kier alpha value is -3.90. The van der Waals surface area contributed by atoms with Crippen LogP contribution in [0.3, 0.4) is 0 Å². The summed E-state index contributed by atoms with van der Waals surface area (Å²) < 4.78 is 0. The monoisotopic (exact) mass is 412 g/mol. The standard InChI is InChI=1S/C18H28N12/c1-29-17-6(11(23)15(27)18(30-2)16(17)28)5-7(19)3(8(5)20)4-9(21)12(24)14(26)13(25)10(4)22/h3,5,7-8H,1-2,19-28H2/t3?,5?,7-,8+. The van der Waals surface area contributed by atoms with Crippen molar-refractivity contribution in [1.29, 1.82) is 0 Å². The molecule has 2 aromatic carbocycles. The molecule has 12 nitrogen and oxygen atoms in total. The van der Waals surface area contributed by atoms with Crippen molar-refractivity contribution in [3.8, 4) is 0 Å². The molecule has 1 aliphatic carbocycles. The quantitative estimate of drug-likeness (QED) is 0.227. The molecule has 0 amide bonds. The summed E-state index contributed by atoms with van der Waals surface area (Å²) in [6.07, 6.45) is 0. The van der Waals surface area contributed by atoms with Gasteiger partial charge in [-0.2, -0.15) is 0 Å². The molecule has 1 aliphatic rings. The summed E-state index contributed by atoms with van der Waals surface area (Å²) >= 11 is 0. The van der Waals surface area contributed by atoms with Gasteiger partial charge in [0, 0.05) is 35.0 Å². The maximum absolute atomic E-state index is 6.52. The van der Waals surface area contributed by atoms with Gasteiger partial charge in [-0.25, -0.2) is 0 Å². The van der Waals surface area contributed by atoms with Crippen LogP contribution in [0.15, 0.2) is 9.98 Å². The molecule has 3 rings (SSSR count). The summed E-state index contributed by atoms with van der Waals surface area (Å²) in [5, 5.41) is 0. The minimum atomic E-state index is -0.573. The molecule has 0 radical (unpaired) electrons. The van der Waals surface area contributed by atoms with Gasteiger partial charge in [0.25, 0.3) is 0 Å². The van der Waals surface area contributed by atoms with Crippen LogP contribution in [0.4, 0.5) is 56.9 Å². The van der Waals surface area contributed by atoms with Crippen LogP contribution in [-0.2, 0) is 0 Å². The minimum absolute atomic E-state index is 0.113. The molecule has 0 aliphatic heterocycles. The first kappa shape index (κ1) is 20.8. The minimum Gasteiger partial charge on any atom is -0.397 e. The van der Waals surface area contributed by atoms with Gasteiger partial charge in [0.15, 0.2) is 0 Å². The maximum atomic E-state index is 6.52. The summed E-state index contributed by atoms with van der Waals surface area (Å²) in [7, 11) is 0. The molecule has 2 aromatic rings. The van der Waals surface area contributed by atoms with Crippen LogP contribution < -0.4 is 57.3 Å². The van der Waals surface area contributed by atoms with Crippen LogP contribution in [0.5, 0.6) is 0 Å². The summed E-state index contributed by atoms with van der Waals surface area (Å²) in [5.74, 6) is -0.949. The first-order valence-corrected chi connectivity index (χ1v) is 8.97. The number of aliphatic imine (C=N–C) groups is 2. The van der Waals surface area contributed by atoms with Crippen molar-refractivity contribution < 1.29 is 0 Å². The van der Waals surface area contributed by atoms with Gasteiger partial charge in [0.1, 0.15) is 5.69 Å². The average Bonchev–Trinajstić information content (AvgIpc) is 2.72. The van der Waals surface area contributed by atoms with Crippen LogP contribution in [0.2, 0.25) is 0 Å². The zero-order valence-electron chi connectivity index (χ0n) is 16.4. The van der Waals surface area contributed by atoms with E-state index in [1.807, 2.05) is 0 Å². The number of rotatable bonds is 4. The largest absolute Gasteiger partial charge is 0.397 e. The number of nitrogens with two attached hydrogens (primary N) is 10. The summed E-state index contributed by atoms with van der Waals surface area (Å²) in [6.45, 7) is 7.03. The Bertz CT molecular complexity index is 1040. The van der Waals surface area contributed by atoms with Gasteiger partial charge in [-0.05, 0) is 13.4 Å². The molecule has 0 aromatic heterocycles. The first-order valence-electron chi connectivity index (χ1n) is 8.97. The van der Waals surface area contributed by atoms with Crippen molar-refractivity contribution in [2.45, 2.75) is 23.9 Å².